The Morgan fingerprint density at radius 3 is 2.77 bits per heavy atom. The van der Waals surface area contributed by atoms with Gasteiger partial charge in [-0.1, -0.05) is 0 Å². The van der Waals surface area contributed by atoms with E-state index in [0.29, 0.717) is 18.1 Å². The Hall–Kier alpha value is 0.210. The van der Waals surface area contributed by atoms with Crippen molar-refractivity contribution >= 4 is 11.6 Å². The molecule has 1 fully saturated rings. The summed E-state index contributed by atoms with van der Waals surface area (Å²) in [6.45, 7) is 0.796. The van der Waals surface area contributed by atoms with Crippen LogP contribution in [0.1, 0.15) is 32.1 Å². The molecule has 0 saturated heterocycles. The first kappa shape index (κ1) is 11.3. The van der Waals surface area contributed by atoms with Gasteiger partial charge in [-0.15, -0.1) is 11.6 Å². The second kappa shape index (κ2) is 6.63. The third-order valence-corrected chi connectivity index (χ3v) is 2.81. The molecular formula is C10H19ClO2. The van der Waals surface area contributed by atoms with Crippen LogP contribution in [-0.4, -0.2) is 31.8 Å². The average Bonchev–Trinajstić information content (AvgIpc) is 2.19. The molecule has 13 heavy (non-hydrogen) atoms. The maximum Gasteiger partial charge on any atom is 0.0599 e. The van der Waals surface area contributed by atoms with Crippen LogP contribution in [0.3, 0.4) is 0 Å². The zero-order valence-corrected chi connectivity index (χ0v) is 9.05. The summed E-state index contributed by atoms with van der Waals surface area (Å²) in [4.78, 5) is 0. The molecule has 0 aromatic carbocycles. The largest absolute Gasteiger partial charge is 0.381 e. The summed E-state index contributed by atoms with van der Waals surface area (Å²) in [7, 11) is 1.78. The lowest BCUT2D eigenvalue weighted by Crippen LogP contribution is -2.27. The molecule has 0 amide bonds. The predicted molar refractivity (Wildman–Crippen MR) is 54.3 cm³/mol. The van der Waals surface area contributed by atoms with Gasteiger partial charge in [0.25, 0.3) is 0 Å². The molecule has 0 aliphatic heterocycles. The Bertz CT molecular complexity index is 130. The van der Waals surface area contributed by atoms with Gasteiger partial charge < -0.3 is 9.47 Å². The summed E-state index contributed by atoms with van der Waals surface area (Å²) in [6.07, 6.45) is 6.42. The Morgan fingerprint density at radius 2 is 2.08 bits per heavy atom. The lowest BCUT2D eigenvalue weighted by molar-refractivity contribution is -0.0289. The van der Waals surface area contributed by atoms with Crippen LogP contribution < -0.4 is 0 Å². The molecule has 0 radical (unpaired) electrons. The summed E-state index contributed by atoms with van der Waals surface area (Å²) < 4.78 is 11.0. The van der Waals surface area contributed by atoms with Crippen molar-refractivity contribution in [1.29, 1.82) is 0 Å². The number of rotatable bonds is 5. The molecule has 2 atom stereocenters. The smallest absolute Gasteiger partial charge is 0.0599 e. The van der Waals surface area contributed by atoms with Crippen molar-refractivity contribution in [3.8, 4) is 0 Å². The predicted octanol–water partition coefficient (Wildman–Crippen LogP) is 2.59. The number of hydrogen-bond donors (Lipinski definition) is 0. The van der Waals surface area contributed by atoms with Gasteiger partial charge in [0.05, 0.1) is 12.2 Å². The molecule has 2 unspecified atom stereocenters. The fourth-order valence-corrected chi connectivity index (χ4v) is 1.88. The zero-order valence-electron chi connectivity index (χ0n) is 8.30. The van der Waals surface area contributed by atoms with Gasteiger partial charge in [0.15, 0.2) is 0 Å². The second-order valence-corrected chi connectivity index (χ2v) is 3.94. The monoisotopic (exact) mass is 206 g/mol. The topological polar surface area (TPSA) is 18.5 Å². The van der Waals surface area contributed by atoms with Crippen LogP contribution >= 0.6 is 11.6 Å². The highest BCUT2D eigenvalue weighted by molar-refractivity contribution is 6.17. The Morgan fingerprint density at radius 1 is 1.31 bits per heavy atom. The minimum atomic E-state index is 0.405. The molecule has 78 valence electrons. The number of methoxy groups -OCH3 is 1. The van der Waals surface area contributed by atoms with Gasteiger partial charge in [0, 0.05) is 19.6 Å². The van der Waals surface area contributed by atoms with E-state index < -0.39 is 0 Å². The van der Waals surface area contributed by atoms with Crippen LogP contribution in [0, 0.1) is 0 Å². The highest BCUT2D eigenvalue weighted by atomic mass is 35.5. The van der Waals surface area contributed by atoms with Crippen LogP contribution in [0.5, 0.6) is 0 Å². The van der Waals surface area contributed by atoms with Gasteiger partial charge in [-0.05, 0) is 32.1 Å². The van der Waals surface area contributed by atoms with E-state index in [0.717, 1.165) is 19.4 Å². The van der Waals surface area contributed by atoms with Crippen LogP contribution in [0.15, 0.2) is 0 Å². The molecule has 0 aromatic heterocycles. The van der Waals surface area contributed by atoms with E-state index in [9.17, 15) is 0 Å². The SMILES string of the molecule is COC1CCCC(OCCCCl)C1. The van der Waals surface area contributed by atoms with Crippen molar-refractivity contribution in [1.82, 2.24) is 0 Å². The summed E-state index contributed by atoms with van der Waals surface area (Å²) in [5.41, 5.74) is 0. The van der Waals surface area contributed by atoms with Crippen LogP contribution in [0.25, 0.3) is 0 Å². The molecule has 0 spiro atoms. The molecule has 2 nitrogen and oxygen atoms in total. The standard InChI is InChI=1S/C10H19ClO2/c1-12-9-4-2-5-10(8-9)13-7-3-6-11/h9-10H,2-8H2,1H3. The lowest BCUT2D eigenvalue weighted by atomic mass is 9.95. The van der Waals surface area contributed by atoms with E-state index in [4.69, 9.17) is 21.1 Å². The molecule has 3 heteroatoms. The second-order valence-electron chi connectivity index (χ2n) is 3.56. The molecule has 0 heterocycles. The summed E-state index contributed by atoms with van der Waals surface area (Å²) in [6, 6.07) is 0. The fraction of sp³-hybridized carbons (Fsp3) is 1.00. The van der Waals surface area contributed by atoms with Crippen molar-refractivity contribution in [2.45, 2.75) is 44.3 Å². The minimum absolute atomic E-state index is 0.405. The van der Waals surface area contributed by atoms with E-state index in [-0.39, 0.29) is 0 Å². The van der Waals surface area contributed by atoms with Crippen LogP contribution in [0.4, 0.5) is 0 Å². The zero-order chi connectivity index (χ0) is 9.52. The molecule has 0 N–H and O–H groups in total. The van der Waals surface area contributed by atoms with Gasteiger partial charge in [-0.3, -0.25) is 0 Å². The average molecular weight is 207 g/mol. The van der Waals surface area contributed by atoms with Crippen LogP contribution in [-0.2, 0) is 9.47 Å². The van der Waals surface area contributed by atoms with Gasteiger partial charge >= 0.3 is 0 Å². The Kier molecular flexibility index (Phi) is 5.76. The van der Waals surface area contributed by atoms with Gasteiger partial charge in [-0.2, -0.15) is 0 Å². The Labute approximate surface area is 85.5 Å². The summed E-state index contributed by atoms with van der Waals surface area (Å²) >= 11 is 5.57. The molecule has 1 rings (SSSR count). The van der Waals surface area contributed by atoms with Crippen molar-refractivity contribution < 1.29 is 9.47 Å². The molecule has 1 saturated carbocycles. The number of ether oxygens (including phenoxy) is 2. The lowest BCUT2D eigenvalue weighted by Gasteiger charge is -2.28. The molecule has 0 aromatic rings. The quantitative estimate of drug-likeness (QED) is 0.509. The number of alkyl halides is 1. The molecular weight excluding hydrogens is 188 g/mol. The Balaban J connectivity index is 2.11. The molecule has 1 aliphatic carbocycles. The first-order valence-corrected chi connectivity index (χ1v) is 5.60. The highest BCUT2D eigenvalue weighted by Crippen LogP contribution is 2.22. The third kappa shape index (κ3) is 4.30. The number of hydrogen-bond acceptors (Lipinski definition) is 2. The van der Waals surface area contributed by atoms with Gasteiger partial charge in [0.2, 0.25) is 0 Å². The number of halogens is 1. The van der Waals surface area contributed by atoms with Crippen molar-refractivity contribution in [2.75, 3.05) is 19.6 Å². The summed E-state index contributed by atoms with van der Waals surface area (Å²) in [5.74, 6) is 0.695. The van der Waals surface area contributed by atoms with Crippen molar-refractivity contribution in [3.63, 3.8) is 0 Å². The first-order valence-electron chi connectivity index (χ1n) is 5.07. The van der Waals surface area contributed by atoms with Crippen molar-refractivity contribution in [2.24, 2.45) is 0 Å². The van der Waals surface area contributed by atoms with Crippen LogP contribution in [0.2, 0.25) is 0 Å². The third-order valence-electron chi connectivity index (χ3n) is 2.54. The van der Waals surface area contributed by atoms with Gasteiger partial charge in [0.1, 0.15) is 0 Å². The normalized spacial score (nSPS) is 29.1. The molecule has 0 bridgehead atoms. The van der Waals surface area contributed by atoms with E-state index in [1.165, 1.54) is 19.3 Å². The van der Waals surface area contributed by atoms with E-state index in [2.05, 4.69) is 0 Å². The van der Waals surface area contributed by atoms with Gasteiger partial charge in [-0.25, -0.2) is 0 Å². The van der Waals surface area contributed by atoms with E-state index >= 15 is 0 Å². The maximum absolute atomic E-state index is 5.69. The summed E-state index contributed by atoms with van der Waals surface area (Å²) in [5, 5.41) is 0. The molecule has 1 aliphatic rings. The first-order chi connectivity index (χ1) is 6.36. The highest BCUT2D eigenvalue weighted by Gasteiger charge is 2.21. The van der Waals surface area contributed by atoms with E-state index in [1.54, 1.807) is 7.11 Å². The maximum atomic E-state index is 5.69. The fourth-order valence-electron chi connectivity index (χ4n) is 1.77. The van der Waals surface area contributed by atoms with Crippen molar-refractivity contribution in [3.05, 3.63) is 0 Å². The minimum Gasteiger partial charge on any atom is -0.381 e. The van der Waals surface area contributed by atoms with E-state index in [1.807, 2.05) is 0 Å².